The summed E-state index contributed by atoms with van der Waals surface area (Å²) < 4.78 is 41.5. The number of carbonyl (C=O) groups excluding carboxylic acids is 1. The molecule has 2 aliphatic carbocycles. The second kappa shape index (κ2) is 10.6. The highest BCUT2D eigenvalue weighted by Crippen LogP contribution is 2.42. The van der Waals surface area contributed by atoms with Crippen LogP contribution in [-0.2, 0) is 6.54 Å². The number of fused-ring (bicyclic) bond motifs is 1. The minimum absolute atomic E-state index is 0.0808. The molecule has 5 rings (SSSR count). The van der Waals surface area contributed by atoms with Crippen LogP contribution < -0.4 is 30.3 Å². The van der Waals surface area contributed by atoms with Crippen molar-refractivity contribution in [3.63, 3.8) is 0 Å². The van der Waals surface area contributed by atoms with Gasteiger partial charge in [-0.2, -0.15) is 4.98 Å². The Labute approximate surface area is 215 Å². The fourth-order valence-corrected chi connectivity index (χ4v) is 5.58. The number of hydrogen-bond donors (Lipinski definition) is 2. The lowest BCUT2D eigenvalue weighted by Crippen LogP contribution is -2.52. The molecule has 2 saturated carbocycles. The molecule has 0 saturated heterocycles. The number of benzene rings is 1. The van der Waals surface area contributed by atoms with Crippen LogP contribution in [0.3, 0.4) is 0 Å². The highest BCUT2D eigenvalue weighted by atomic mass is 19.1. The van der Waals surface area contributed by atoms with E-state index in [1.54, 1.807) is 18.0 Å². The first-order valence-corrected chi connectivity index (χ1v) is 13.1. The van der Waals surface area contributed by atoms with Crippen LogP contribution >= 0.6 is 0 Å². The topological polar surface area (TPSA) is 106 Å². The van der Waals surface area contributed by atoms with Gasteiger partial charge >= 0.3 is 6.03 Å². The smallest absolute Gasteiger partial charge is 0.330 e. The lowest BCUT2D eigenvalue weighted by atomic mass is 9.92. The SMILES string of the molecule is CCOc1cc(OC)c(F)c(N2Cc3cnc(NC4CCC(N)CC4)nc3N(C3CCCC3)C2=O)c1F. The summed E-state index contributed by atoms with van der Waals surface area (Å²) in [5.74, 6) is -1.34. The highest BCUT2D eigenvalue weighted by Gasteiger charge is 2.41. The summed E-state index contributed by atoms with van der Waals surface area (Å²) in [5, 5.41) is 3.39. The summed E-state index contributed by atoms with van der Waals surface area (Å²) in [5.41, 5.74) is 6.15. The first kappa shape index (κ1) is 25.4. The van der Waals surface area contributed by atoms with Crippen LogP contribution in [0.2, 0.25) is 0 Å². The minimum atomic E-state index is -0.957. The van der Waals surface area contributed by atoms with Crippen molar-refractivity contribution >= 4 is 23.5 Å². The van der Waals surface area contributed by atoms with Gasteiger partial charge in [-0.3, -0.25) is 9.80 Å². The number of rotatable bonds is 7. The second-order valence-corrected chi connectivity index (χ2v) is 9.96. The molecule has 2 fully saturated rings. The van der Waals surface area contributed by atoms with E-state index in [2.05, 4.69) is 10.3 Å². The van der Waals surface area contributed by atoms with E-state index >= 15 is 8.78 Å². The summed E-state index contributed by atoms with van der Waals surface area (Å²) in [6.45, 7) is 1.79. The van der Waals surface area contributed by atoms with Crippen molar-refractivity contribution in [1.82, 2.24) is 9.97 Å². The summed E-state index contributed by atoms with van der Waals surface area (Å²) in [6.07, 6.45) is 8.89. The minimum Gasteiger partial charge on any atom is -0.493 e. The van der Waals surface area contributed by atoms with Crippen molar-refractivity contribution in [3.8, 4) is 11.5 Å². The molecule has 2 heterocycles. The molecule has 9 nitrogen and oxygen atoms in total. The number of urea groups is 1. The Morgan fingerprint density at radius 3 is 2.49 bits per heavy atom. The number of nitrogens with two attached hydrogens (primary N) is 1. The molecule has 1 aliphatic heterocycles. The second-order valence-electron chi connectivity index (χ2n) is 9.96. The third-order valence-electron chi connectivity index (χ3n) is 7.53. The van der Waals surface area contributed by atoms with Gasteiger partial charge in [-0.1, -0.05) is 12.8 Å². The number of hydrogen-bond acceptors (Lipinski definition) is 7. The molecule has 0 atom stereocenters. The van der Waals surface area contributed by atoms with Crippen molar-refractivity contribution in [2.45, 2.75) is 83.0 Å². The van der Waals surface area contributed by atoms with Gasteiger partial charge in [0.1, 0.15) is 11.5 Å². The van der Waals surface area contributed by atoms with Gasteiger partial charge in [0.25, 0.3) is 0 Å². The zero-order valence-electron chi connectivity index (χ0n) is 21.3. The van der Waals surface area contributed by atoms with E-state index in [9.17, 15) is 4.79 Å². The zero-order valence-corrected chi connectivity index (χ0v) is 21.3. The Morgan fingerprint density at radius 2 is 1.81 bits per heavy atom. The molecule has 2 aromatic rings. The predicted molar refractivity (Wildman–Crippen MR) is 136 cm³/mol. The molecule has 1 aromatic carbocycles. The maximum absolute atomic E-state index is 15.5. The highest BCUT2D eigenvalue weighted by molar-refractivity contribution is 6.06. The maximum atomic E-state index is 15.5. The Hall–Kier alpha value is -3.21. The lowest BCUT2D eigenvalue weighted by molar-refractivity contribution is 0.246. The molecule has 0 bridgehead atoms. The lowest BCUT2D eigenvalue weighted by Gasteiger charge is -2.39. The number of methoxy groups -OCH3 is 1. The fraction of sp³-hybridized carbons (Fsp3) is 0.577. The van der Waals surface area contributed by atoms with Crippen LogP contribution in [0.4, 0.5) is 31.0 Å². The van der Waals surface area contributed by atoms with E-state index < -0.39 is 23.4 Å². The molecule has 0 unspecified atom stereocenters. The quantitative estimate of drug-likeness (QED) is 0.548. The Kier molecular flexibility index (Phi) is 7.32. The molecule has 11 heteroatoms. The standard InChI is InChI=1S/C26H34F2N6O3/c1-3-37-20-12-19(36-2)21(27)23(22(20)28)33-14-15-13-30-25(31-17-10-8-16(29)9-11-17)32-24(15)34(26(33)35)18-6-4-5-7-18/h12-13,16-18H,3-11,14,29H2,1-2H3,(H,30,31,32). The molecule has 0 spiro atoms. The van der Waals surface area contributed by atoms with Crippen molar-refractivity contribution < 1.29 is 23.0 Å². The predicted octanol–water partition coefficient (Wildman–Crippen LogP) is 4.73. The Bertz CT molecular complexity index is 1150. The molecule has 3 aliphatic rings. The summed E-state index contributed by atoms with van der Waals surface area (Å²) in [7, 11) is 1.29. The van der Waals surface area contributed by atoms with Crippen molar-refractivity contribution in [2.24, 2.45) is 5.73 Å². The zero-order chi connectivity index (χ0) is 26.1. The number of ether oxygens (including phenoxy) is 2. The number of nitrogens with one attached hydrogen (secondary N) is 1. The Balaban J connectivity index is 1.53. The molecule has 3 N–H and O–H groups in total. The van der Waals surface area contributed by atoms with Crippen molar-refractivity contribution in [1.29, 1.82) is 0 Å². The normalized spacial score (nSPS) is 22.2. The Morgan fingerprint density at radius 1 is 1.11 bits per heavy atom. The van der Waals surface area contributed by atoms with E-state index in [1.165, 1.54) is 7.11 Å². The summed E-state index contributed by atoms with van der Waals surface area (Å²) in [4.78, 5) is 25.9. The van der Waals surface area contributed by atoms with E-state index in [0.29, 0.717) is 17.3 Å². The first-order valence-electron chi connectivity index (χ1n) is 13.1. The molecular weight excluding hydrogens is 482 g/mol. The van der Waals surface area contributed by atoms with Gasteiger partial charge in [-0.15, -0.1) is 0 Å². The molecule has 1 aromatic heterocycles. The number of nitrogens with zero attached hydrogens (tertiary/aromatic N) is 4. The van der Waals surface area contributed by atoms with E-state index in [1.807, 2.05) is 0 Å². The number of amides is 2. The first-order chi connectivity index (χ1) is 17.9. The van der Waals surface area contributed by atoms with Gasteiger partial charge in [0.15, 0.2) is 23.1 Å². The van der Waals surface area contributed by atoms with E-state index in [0.717, 1.165) is 62.3 Å². The summed E-state index contributed by atoms with van der Waals surface area (Å²) in [6, 6.07) is 0.956. The van der Waals surface area contributed by atoms with Crippen LogP contribution in [0.15, 0.2) is 12.3 Å². The van der Waals surface area contributed by atoms with Gasteiger partial charge in [0.05, 0.1) is 20.3 Å². The molecule has 0 radical (unpaired) electrons. The molecule has 37 heavy (non-hydrogen) atoms. The van der Waals surface area contributed by atoms with Gasteiger partial charge in [0.2, 0.25) is 5.95 Å². The van der Waals surface area contributed by atoms with Crippen LogP contribution in [0, 0.1) is 11.6 Å². The van der Waals surface area contributed by atoms with Gasteiger partial charge in [-0.05, 0) is 45.4 Å². The molecule has 2 amide bonds. The monoisotopic (exact) mass is 516 g/mol. The summed E-state index contributed by atoms with van der Waals surface area (Å²) >= 11 is 0. The third kappa shape index (κ3) is 4.88. The van der Waals surface area contributed by atoms with Crippen LogP contribution in [0.25, 0.3) is 0 Å². The number of halogens is 2. The van der Waals surface area contributed by atoms with E-state index in [-0.39, 0.29) is 42.8 Å². The third-order valence-corrected chi connectivity index (χ3v) is 7.53. The maximum Gasteiger partial charge on any atom is 0.330 e. The molecule has 200 valence electrons. The fourth-order valence-electron chi connectivity index (χ4n) is 5.58. The van der Waals surface area contributed by atoms with Crippen LogP contribution in [-0.4, -0.2) is 47.8 Å². The van der Waals surface area contributed by atoms with E-state index in [4.69, 9.17) is 20.2 Å². The van der Waals surface area contributed by atoms with Gasteiger partial charge in [-0.25, -0.2) is 18.6 Å². The average Bonchev–Trinajstić information content (AvgIpc) is 3.42. The number of anilines is 3. The largest absolute Gasteiger partial charge is 0.493 e. The molecular formula is C26H34F2N6O3. The van der Waals surface area contributed by atoms with Crippen LogP contribution in [0.1, 0.15) is 63.9 Å². The van der Waals surface area contributed by atoms with Crippen molar-refractivity contribution in [3.05, 3.63) is 29.5 Å². The average molecular weight is 517 g/mol. The van der Waals surface area contributed by atoms with Gasteiger partial charge < -0.3 is 20.5 Å². The van der Waals surface area contributed by atoms with Crippen LogP contribution in [0.5, 0.6) is 11.5 Å². The van der Waals surface area contributed by atoms with Crippen molar-refractivity contribution in [2.75, 3.05) is 28.8 Å². The number of aromatic nitrogens is 2. The van der Waals surface area contributed by atoms with Gasteiger partial charge in [0, 0.05) is 36.0 Å². The number of carbonyl (C=O) groups is 1.